The fourth-order valence-corrected chi connectivity index (χ4v) is 3.83. The summed E-state index contributed by atoms with van der Waals surface area (Å²) in [6.45, 7) is 3.87. The number of halogens is 1. The van der Waals surface area contributed by atoms with Gasteiger partial charge < -0.3 is 10.6 Å². The van der Waals surface area contributed by atoms with Gasteiger partial charge in [0.05, 0.1) is 12.1 Å². The molecule has 0 aliphatic carbocycles. The molecule has 1 aliphatic rings. The van der Waals surface area contributed by atoms with Gasteiger partial charge in [0.2, 0.25) is 0 Å². The number of benzene rings is 2. The number of nitrogens with zero attached hydrogens (tertiary/aromatic N) is 6. The van der Waals surface area contributed by atoms with Crippen molar-refractivity contribution in [2.24, 2.45) is 0 Å². The maximum atomic E-state index is 14.0. The molecule has 7 nitrogen and oxygen atoms in total. The number of nitrogens with two attached hydrogens (primary N) is 1. The number of hydrogen-bond donors (Lipinski definition) is 1. The fraction of sp³-hybridized carbons (Fsp3) is 0.238. The van der Waals surface area contributed by atoms with E-state index in [1.54, 1.807) is 6.07 Å². The third kappa shape index (κ3) is 3.31. The number of fused-ring (bicyclic) bond motifs is 2. The SMILES string of the molecule is Nc1nc(CN2CCN(c3ncnc4c(F)cccc34)CC2)nc2ccccc12. The Hall–Kier alpha value is -3.39. The van der Waals surface area contributed by atoms with Gasteiger partial charge in [-0.25, -0.2) is 24.3 Å². The third-order valence-electron chi connectivity index (χ3n) is 5.31. The van der Waals surface area contributed by atoms with Crippen molar-refractivity contribution in [1.29, 1.82) is 0 Å². The molecule has 1 saturated heterocycles. The van der Waals surface area contributed by atoms with Gasteiger partial charge in [-0.2, -0.15) is 0 Å². The first-order valence-electron chi connectivity index (χ1n) is 9.57. The Morgan fingerprint density at radius 2 is 1.69 bits per heavy atom. The molecule has 1 aliphatic heterocycles. The summed E-state index contributed by atoms with van der Waals surface area (Å²) < 4.78 is 14.0. The number of rotatable bonds is 3. The lowest BCUT2D eigenvalue weighted by Gasteiger charge is -2.35. The lowest BCUT2D eigenvalue weighted by molar-refractivity contribution is 0.244. The zero-order chi connectivity index (χ0) is 19.8. The third-order valence-corrected chi connectivity index (χ3v) is 5.31. The Bertz CT molecular complexity index is 1190. The van der Waals surface area contributed by atoms with E-state index in [0.717, 1.165) is 54.1 Å². The predicted octanol–water partition coefficient (Wildman–Crippen LogP) is 2.62. The van der Waals surface area contributed by atoms with Crippen molar-refractivity contribution in [2.45, 2.75) is 6.54 Å². The topological polar surface area (TPSA) is 84.1 Å². The molecule has 0 radical (unpaired) electrons. The molecule has 5 rings (SSSR count). The average Bonchev–Trinajstić information content (AvgIpc) is 2.74. The van der Waals surface area contributed by atoms with Crippen LogP contribution < -0.4 is 10.6 Å². The summed E-state index contributed by atoms with van der Waals surface area (Å²) in [5.74, 6) is 1.69. The normalized spacial score (nSPS) is 15.3. The van der Waals surface area contributed by atoms with Gasteiger partial charge in [-0.05, 0) is 24.3 Å². The minimum atomic E-state index is -0.323. The van der Waals surface area contributed by atoms with Gasteiger partial charge in [0.1, 0.15) is 35.1 Å². The number of hydrogen-bond acceptors (Lipinski definition) is 7. The second-order valence-electron chi connectivity index (χ2n) is 7.14. The second-order valence-corrected chi connectivity index (χ2v) is 7.14. The highest BCUT2D eigenvalue weighted by atomic mass is 19.1. The summed E-state index contributed by atoms with van der Waals surface area (Å²) in [5.41, 5.74) is 7.33. The van der Waals surface area contributed by atoms with Gasteiger partial charge in [-0.15, -0.1) is 0 Å². The first-order chi connectivity index (χ1) is 14.2. The van der Waals surface area contributed by atoms with Crippen molar-refractivity contribution in [1.82, 2.24) is 24.8 Å². The highest BCUT2D eigenvalue weighted by Gasteiger charge is 2.21. The number of anilines is 2. The number of piperazine rings is 1. The summed E-state index contributed by atoms with van der Waals surface area (Å²) in [6, 6.07) is 12.8. The van der Waals surface area contributed by atoms with Crippen molar-refractivity contribution in [3.8, 4) is 0 Å². The first-order valence-corrected chi connectivity index (χ1v) is 9.57. The van der Waals surface area contributed by atoms with Gasteiger partial charge in [0.15, 0.2) is 0 Å². The number of nitrogen functional groups attached to an aromatic ring is 1. The number of para-hydroxylation sites is 2. The molecule has 8 heteroatoms. The lowest BCUT2D eigenvalue weighted by atomic mass is 10.2. The van der Waals surface area contributed by atoms with E-state index in [2.05, 4.69) is 29.7 Å². The Labute approximate surface area is 167 Å². The van der Waals surface area contributed by atoms with E-state index in [1.165, 1.54) is 12.4 Å². The summed E-state index contributed by atoms with van der Waals surface area (Å²) in [7, 11) is 0. The van der Waals surface area contributed by atoms with Crippen LogP contribution in [0.5, 0.6) is 0 Å². The van der Waals surface area contributed by atoms with Crippen molar-refractivity contribution in [3.05, 3.63) is 60.4 Å². The van der Waals surface area contributed by atoms with Crippen LogP contribution in [0.2, 0.25) is 0 Å². The Balaban J connectivity index is 1.32. The van der Waals surface area contributed by atoms with E-state index < -0.39 is 0 Å². The molecule has 0 saturated carbocycles. The summed E-state index contributed by atoms with van der Waals surface area (Å²) in [6.07, 6.45) is 1.43. The summed E-state index contributed by atoms with van der Waals surface area (Å²) in [5, 5.41) is 1.62. The van der Waals surface area contributed by atoms with Crippen molar-refractivity contribution >= 4 is 33.4 Å². The molecule has 2 aromatic carbocycles. The largest absolute Gasteiger partial charge is 0.383 e. The molecule has 4 aromatic rings. The van der Waals surface area contributed by atoms with Crippen LogP contribution in [0.15, 0.2) is 48.8 Å². The quantitative estimate of drug-likeness (QED) is 0.577. The van der Waals surface area contributed by atoms with Crippen LogP contribution in [0.1, 0.15) is 5.82 Å². The summed E-state index contributed by atoms with van der Waals surface area (Å²) in [4.78, 5) is 22.1. The molecule has 2 N–H and O–H groups in total. The minimum absolute atomic E-state index is 0.323. The zero-order valence-electron chi connectivity index (χ0n) is 15.8. The lowest BCUT2D eigenvalue weighted by Crippen LogP contribution is -2.46. The van der Waals surface area contributed by atoms with Crippen LogP contribution in [0.25, 0.3) is 21.8 Å². The van der Waals surface area contributed by atoms with Crippen LogP contribution in [-0.2, 0) is 6.54 Å². The Morgan fingerprint density at radius 1 is 0.897 bits per heavy atom. The molecule has 0 spiro atoms. The van der Waals surface area contributed by atoms with Gasteiger partial charge >= 0.3 is 0 Å². The Morgan fingerprint density at radius 3 is 2.55 bits per heavy atom. The fourth-order valence-electron chi connectivity index (χ4n) is 3.83. The van der Waals surface area contributed by atoms with E-state index in [0.29, 0.717) is 17.9 Å². The first kappa shape index (κ1) is 17.7. The smallest absolute Gasteiger partial charge is 0.149 e. The van der Waals surface area contributed by atoms with E-state index in [4.69, 9.17) is 5.73 Å². The second kappa shape index (κ2) is 7.21. The van der Waals surface area contributed by atoms with Gasteiger partial charge in [-0.1, -0.05) is 18.2 Å². The van der Waals surface area contributed by atoms with Crippen LogP contribution in [-0.4, -0.2) is 51.0 Å². The molecule has 29 heavy (non-hydrogen) atoms. The highest BCUT2D eigenvalue weighted by molar-refractivity contribution is 5.89. The van der Waals surface area contributed by atoms with Crippen molar-refractivity contribution in [3.63, 3.8) is 0 Å². The van der Waals surface area contributed by atoms with E-state index in [-0.39, 0.29) is 5.82 Å². The van der Waals surface area contributed by atoms with Crippen LogP contribution in [0.4, 0.5) is 16.0 Å². The van der Waals surface area contributed by atoms with E-state index in [1.807, 2.05) is 30.3 Å². The minimum Gasteiger partial charge on any atom is -0.383 e. The molecule has 0 atom stereocenters. The van der Waals surface area contributed by atoms with Crippen molar-refractivity contribution in [2.75, 3.05) is 36.8 Å². The maximum Gasteiger partial charge on any atom is 0.149 e. The number of aromatic nitrogens is 4. The predicted molar refractivity (Wildman–Crippen MR) is 111 cm³/mol. The molecular formula is C21H20FN7. The molecule has 0 bridgehead atoms. The maximum absolute atomic E-state index is 14.0. The molecule has 2 aromatic heterocycles. The molecule has 0 unspecified atom stereocenters. The van der Waals surface area contributed by atoms with E-state index in [9.17, 15) is 4.39 Å². The van der Waals surface area contributed by atoms with Crippen LogP contribution in [0.3, 0.4) is 0 Å². The van der Waals surface area contributed by atoms with Crippen molar-refractivity contribution < 1.29 is 4.39 Å². The van der Waals surface area contributed by atoms with Gasteiger partial charge in [-0.3, -0.25) is 4.90 Å². The molecule has 3 heterocycles. The summed E-state index contributed by atoms with van der Waals surface area (Å²) >= 11 is 0. The highest BCUT2D eigenvalue weighted by Crippen LogP contribution is 2.25. The molecular weight excluding hydrogens is 369 g/mol. The monoisotopic (exact) mass is 389 g/mol. The molecule has 146 valence electrons. The van der Waals surface area contributed by atoms with Crippen LogP contribution in [0, 0.1) is 5.82 Å². The Kier molecular flexibility index (Phi) is 4.40. The molecule has 1 fully saturated rings. The molecule has 0 amide bonds. The standard InChI is InChI=1S/C21H20FN7/c22-16-6-3-5-15-19(16)24-13-25-21(15)29-10-8-28(9-11-29)12-18-26-17-7-2-1-4-14(17)20(23)27-18/h1-7,13H,8-12H2,(H2,23,26,27). The zero-order valence-corrected chi connectivity index (χ0v) is 15.8. The van der Waals surface area contributed by atoms with Gasteiger partial charge in [0, 0.05) is 37.0 Å². The van der Waals surface area contributed by atoms with Crippen LogP contribution >= 0.6 is 0 Å². The van der Waals surface area contributed by atoms with Gasteiger partial charge in [0.25, 0.3) is 0 Å². The van der Waals surface area contributed by atoms with E-state index >= 15 is 0 Å². The average molecular weight is 389 g/mol.